The summed E-state index contributed by atoms with van der Waals surface area (Å²) in [6, 6.07) is 0. The van der Waals surface area contributed by atoms with Gasteiger partial charge in [0.15, 0.2) is 0 Å². The van der Waals surface area contributed by atoms with Crippen LogP contribution in [0, 0.1) is 0 Å². The highest BCUT2D eigenvalue weighted by molar-refractivity contribution is 7.89. The number of carbonyl (C=O) groups is 1. The van der Waals surface area contributed by atoms with Crippen LogP contribution in [0.15, 0.2) is 6.33 Å². The van der Waals surface area contributed by atoms with Crippen LogP contribution in [-0.2, 0) is 26.1 Å². The molecular weight excluding hydrogens is 260 g/mol. The second-order valence-corrected chi connectivity index (χ2v) is 5.88. The number of H-pyrrole nitrogens is 1. The van der Waals surface area contributed by atoms with Crippen molar-refractivity contribution < 1.29 is 17.9 Å². The van der Waals surface area contributed by atoms with Gasteiger partial charge in [-0.05, 0) is 6.42 Å². The number of nitrogens with zero attached hydrogens (tertiary/aromatic N) is 3. The summed E-state index contributed by atoms with van der Waals surface area (Å²) in [5.74, 6) is -0.0515. The summed E-state index contributed by atoms with van der Waals surface area (Å²) in [6.45, 7) is 0.126. The first-order valence-corrected chi connectivity index (χ1v) is 6.91. The minimum Gasteiger partial charge on any atom is -0.469 e. The maximum absolute atomic E-state index is 11.8. The van der Waals surface area contributed by atoms with Gasteiger partial charge in [0.1, 0.15) is 12.2 Å². The van der Waals surface area contributed by atoms with Crippen molar-refractivity contribution >= 4 is 16.0 Å². The Morgan fingerprint density at radius 2 is 2.28 bits per heavy atom. The topological polar surface area (TPSA) is 105 Å². The fourth-order valence-corrected chi connectivity index (χ4v) is 2.41. The number of aromatic nitrogens is 3. The molecule has 0 aliphatic heterocycles. The number of hydrogen-bond acceptors (Lipinski definition) is 6. The van der Waals surface area contributed by atoms with E-state index >= 15 is 0 Å². The average Bonchev–Trinajstić information content (AvgIpc) is 2.81. The molecule has 1 heterocycles. The maximum atomic E-state index is 11.8. The number of hydrogen-bond donors (Lipinski definition) is 1. The highest BCUT2D eigenvalue weighted by atomic mass is 32.2. The lowest BCUT2D eigenvalue weighted by atomic mass is 10.3. The lowest BCUT2D eigenvalue weighted by molar-refractivity contribution is -0.140. The Kier molecular flexibility index (Phi) is 5.23. The Balaban J connectivity index is 2.45. The molecule has 0 spiro atoms. The third-order valence-corrected chi connectivity index (χ3v) is 4.21. The number of aromatic amines is 1. The Morgan fingerprint density at radius 1 is 1.56 bits per heavy atom. The van der Waals surface area contributed by atoms with E-state index in [1.165, 1.54) is 24.8 Å². The van der Waals surface area contributed by atoms with E-state index in [2.05, 4.69) is 19.9 Å². The van der Waals surface area contributed by atoms with Crippen molar-refractivity contribution in [3.05, 3.63) is 12.2 Å². The van der Waals surface area contributed by atoms with Gasteiger partial charge in [0.2, 0.25) is 10.0 Å². The van der Waals surface area contributed by atoms with Crippen LogP contribution < -0.4 is 0 Å². The Bertz CT molecular complexity index is 471. The van der Waals surface area contributed by atoms with Crippen molar-refractivity contribution in [2.24, 2.45) is 0 Å². The Labute approximate surface area is 105 Å². The van der Waals surface area contributed by atoms with E-state index < -0.39 is 16.0 Å². The van der Waals surface area contributed by atoms with Crippen LogP contribution in [-0.4, -0.2) is 53.8 Å². The van der Waals surface area contributed by atoms with Gasteiger partial charge in [0, 0.05) is 13.5 Å². The van der Waals surface area contributed by atoms with Crippen LogP contribution in [0.3, 0.4) is 0 Å². The van der Waals surface area contributed by atoms with E-state index in [-0.39, 0.29) is 25.1 Å². The molecule has 0 aliphatic rings. The summed E-state index contributed by atoms with van der Waals surface area (Å²) in [5, 5.41) is 6.22. The highest BCUT2D eigenvalue weighted by Crippen LogP contribution is 2.06. The molecule has 0 fully saturated rings. The highest BCUT2D eigenvalue weighted by Gasteiger charge is 2.19. The third-order valence-electron chi connectivity index (χ3n) is 2.32. The molecule has 18 heavy (non-hydrogen) atoms. The molecule has 9 heteroatoms. The van der Waals surface area contributed by atoms with Gasteiger partial charge in [-0.3, -0.25) is 9.89 Å². The minimum absolute atomic E-state index is 0.0892. The fourth-order valence-electron chi connectivity index (χ4n) is 1.27. The van der Waals surface area contributed by atoms with E-state index in [1.807, 2.05) is 0 Å². The van der Waals surface area contributed by atoms with Crippen molar-refractivity contribution in [1.82, 2.24) is 19.5 Å². The van der Waals surface area contributed by atoms with Gasteiger partial charge in [0.25, 0.3) is 0 Å². The number of rotatable bonds is 7. The van der Waals surface area contributed by atoms with Gasteiger partial charge in [0.05, 0.1) is 19.4 Å². The zero-order valence-corrected chi connectivity index (χ0v) is 11.1. The first kappa shape index (κ1) is 14.6. The SMILES string of the molecule is COC(=O)CCCS(=O)(=O)N(C)Cc1ncn[nH]1. The average molecular weight is 276 g/mol. The Morgan fingerprint density at radius 3 is 2.83 bits per heavy atom. The fraction of sp³-hybridized carbons (Fsp3) is 0.667. The molecule has 0 unspecified atom stereocenters. The standard InChI is InChI=1S/C9H16N4O4S/c1-13(6-8-10-7-11-12-8)18(15,16)5-3-4-9(14)17-2/h7H,3-6H2,1-2H3,(H,10,11,12). The van der Waals surface area contributed by atoms with Crippen molar-refractivity contribution in [3.63, 3.8) is 0 Å². The van der Waals surface area contributed by atoms with Crippen LogP contribution in [0.4, 0.5) is 0 Å². The van der Waals surface area contributed by atoms with Crippen LogP contribution in [0.2, 0.25) is 0 Å². The number of esters is 1. The monoisotopic (exact) mass is 276 g/mol. The molecule has 0 atom stereocenters. The summed E-state index contributed by atoms with van der Waals surface area (Å²) in [4.78, 5) is 14.7. The molecule has 1 aromatic heterocycles. The molecular formula is C9H16N4O4S. The van der Waals surface area contributed by atoms with Crippen LogP contribution >= 0.6 is 0 Å². The van der Waals surface area contributed by atoms with Gasteiger partial charge in [-0.25, -0.2) is 13.4 Å². The number of nitrogens with one attached hydrogen (secondary N) is 1. The predicted molar refractivity (Wildman–Crippen MR) is 62.9 cm³/mol. The smallest absolute Gasteiger partial charge is 0.305 e. The molecule has 1 rings (SSSR count). The van der Waals surface area contributed by atoms with E-state index in [0.717, 1.165) is 0 Å². The predicted octanol–water partition coefficient (Wildman–Crippen LogP) is -0.480. The van der Waals surface area contributed by atoms with Gasteiger partial charge in [-0.2, -0.15) is 9.40 Å². The zero-order chi connectivity index (χ0) is 13.6. The summed E-state index contributed by atoms with van der Waals surface area (Å²) >= 11 is 0. The van der Waals surface area contributed by atoms with Gasteiger partial charge >= 0.3 is 5.97 Å². The normalized spacial score (nSPS) is 11.7. The quantitative estimate of drug-likeness (QED) is 0.674. The minimum atomic E-state index is -3.40. The number of carbonyl (C=O) groups excluding carboxylic acids is 1. The molecule has 102 valence electrons. The molecule has 8 nitrogen and oxygen atoms in total. The lowest BCUT2D eigenvalue weighted by Gasteiger charge is -2.15. The summed E-state index contributed by atoms with van der Waals surface area (Å²) < 4.78 is 29.3. The lowest BCUT2D eigenvalue weighted by Crippen LogP contribution is -2.29. The van der Waals surface area contributed by atoms with E-state index in [1.54, 1.807) is 0 Å². The first-order valence-electron chi connectivity index (χ1n) is 5.31. The number of methoxy groups -OCH3 is 1. The second-order valence-electron chi connectivity index (χ2n) is 3.68. The van der Waals surface area contributed by atoms with Crippen molar-refractivity contribution in [2.45, 2.75) is 19.4 Å². The third kappa shape index (κ3) is 4.41. The van der Waals surface area contributed by atoms with Crippen LogP contribution in [0.25, 0.3) is 0 Å². The van der Waals surface area contributed by atoms with E-state index in [9.17, 15) is 13.2 Å². The van der Waals surface area contributed by atoms with Gasteiger partial charge < -0.3 is 4.74 Å². The molecule has 0 radical (unpaired) electrons. The number of ether oxygens (including phenoxy) is 1. The second kappa shape index (κ2) is 6.45. The Hall–Kier alpha value is -1.48. The summed E-state index contributed by atoms with van der Waals surface area (Å²) in [5.41, 5.74) is 0. The molecule has 0 amide bonds. The zero-order valence-electron chi connectivity index (χ0n) is 10.3. The molecule has 0 saturated carbocycles. The van der Waals surface area contributed by atoms with Crippen LogP contribution in [0.5, 0.6) is 0 Å². The first-order chi connectivity index (χ1) is 8.45. The molecule has 0 saturated heterocycles. The molecule has 0 bridgehead atoms. The molecule has 1 N–H and O–H groups in total. The number of sulfonamides is 1. The van der Waals surface area contributed by atoms with Crippen LogP contribution in [0.1, 0.15) is 18.7 Å². The summed E-state index contributed by atoms with van der Waals surface area (Å²) in [7, 11) is -0.677. The molecule has 0 aliphatic carbocycles. The van der Waals surface area contributed by atoms with E-state index in [0.29, 0.717) is 5.82 Å². The maximum Gasteiger partial charge on any atom is 0.305 e. The molecule has 0 aromatic carbocycles. The summed E-state index contributed by atoms with van der Waals surface area (Å²) in [6.07, 6.45) is 1.63. The largest absolute Gasteiger partial charge is 0.469 e. The molecule has 1 aromatic rings. The van der Waals surface area contributed by atoms with Crippen molar-refractivity contribution in [1.29, 1.82) is 0 Å². The van der Waals surface area contributed by atoms with E-state index in [4.69, 9.17) is 0 Å². The van der Waals surface area contributed by atoms with Gasteiger partial charge in [-0.15, -0.1) is 0 Å². The van der Waals surface area contributed by atoms with Crippen molar-refractivity contribution in [3.8, 4) is 0 Å². The van der Waals surface area contributed by atoms with Gasteiger partial charge in [-0.1, -0.05) is 0 Å². The van der Waals surface area contributed by atoms with Crippen molar-refractivity contribution in [2.75, 3.05) is 19.9 Å².